The molecule has 7 nitrogen and oxygen atoms in total. The summed E-state index contributed by atoms with van der Waals surface area (Å²) in [6.07, 6.45) is 0. The van der Waals surface area contributed by atoms with E-state index in [2.05, 4.69) is 0 Å². The smallest absolute Gasteiger partial charge is 0.269 e. The third-order valence-electron chi connectivity index (χ3n) is 4.79. The van der Waals surface area contributed by atoms with Crippen LogP contribution in [0.3, 0.4) is 0 Å². The van der Waals surface area contributed by atoms with Crippen LogP contribution in [-0.4, -0.2) is 47.7 Å². The van der Waals surface area contributed by atoms with Gasteiger partial charge in [0.2, 0.25) is 0 Å². The van der Waals surface area contributed by atoms with Gasteiger partial charge < -0.3 is 9.64 Å². The Morgan fingerprint density at radius 1 is 0.926 bits per heavy atom. The molecular weight excluding hydrogens is 348 g/mol. The molecule has 0 radical (unpaired) electrons. The van der Waals surface area contributed by atoms with Crippen molar-refractivity contribution < 1.29 is 19.2 Å². The molecule has 0 N–H and O–H groups in total. The molecule has 1 heterocycles. The molecule has 0 saturated carbocycles. The highest BCUT2D eigenvalue weighted by molar-refractivity contribution is 6.42. The number of nitro groups is 1. The van der Waals surface area contributed by atoms with Crippen molar-refractivity contribution in [3.63, 3.8) is 0 Å². The Labute approximate surface area is 155 Å². The second kappa shape index (κ2) is 6.77. The van der Waals surface area contributed by atoms with E-state index in [-0.39, 0.29) is 22.8 Å². The van der Waals surface area contributed by atoms with Crippen molar-refractivity contribution in [2.45, 2.75) is 0 Å². The van der Waals surface area contributed by atoms with Crippen LogP contribution < -0.4 is 0 Å². The van der Waals surface area contributed by atoms with E-state index in [0.717, 1.165) is 0 Å². The van der Waals surface area contributed by atoms with Crippen molar-refractivity contribution in [1.82, 2.24) is 4.90 Å². The minimum Gasteiger partial charge on any atom is -0.378 e. The van der Waals surface area contributed by atoms with E-state index in [1.807, 2.05) is 4.90 Å². The lowest BCUT2D eigenvalue weighted by molar-refractivity contribution is -0.384. The molecule has 2 aromatic rings. The van der Waals surface area contributed by atoms with Crippen LogP contribution in [0.15, 0.2) is 54.1 Å². The predicted molar refractivity (Wildman–Crippen MR) is 97.5 cm³/mol. The molecule has 2 aromatic carbocycles. The zero-order valence-corrected chi connectivity index (χ0v) is 14.4. The van der Waals surface area contributed by atoms with Crippen molar-refractivity contribution in [2.75, 3.05) is 26.3 Å². The van der Waals surface area contributed by atoms with E-state index in [1.165, 1.54) is 12.1 Å². The Bertz CT molecular complexity index is 935. The first-order valence-electron chi connectivity index (χ1n) is 8.58. The van der Waals surface area contributed by atoms with Gasteiger partial charge in [-0.1, -0.05) is 24.3 Å². The summed E-state index contributed by atoms with van der Waals surface area (Å²) in [6.45, 7) is 2.04. The minimum absolute atomic E-state index is 0.0440. The van der Waals surface area contributed by atoms with Gasteiger partial charge in [-0.15, -0.1) is 0 Å². The molecule has 2 aliphatic rings. The molecule has 1 saturated heterocycles. The maximum absolute atomic E-state index is 13.0. The number of hydrogen-bond donors (Lipinski definition) is 0. The van der Waals surface area contributed by atoms with Crippen molar-refractivity contribution >= 4 is 23.0 Å². The molecule has 0 bridgehead atoms. The van der Waals surface area contributed by atoms with Gasteiger partial charge in [0.15, 0.2) is 11.6 Å². The number of benzene rings is 2. The zero-order valence-electron chi connectivity index (χ0n) is 14.4. The third kappa shape index (κ3) is 2.92. The molecule has 27 heavy (non-hydrogen) atoms. The van der Waals surface area contributed by atoms with Crippen LogP contribution in [-0.2, 0) is 4.74 Å². The summed E-state index contributed by atoms with van der Waals surface area (Å²) in [5.41, 5.74) is 1.98. The van der Waals surface area contributed by atoms with Crippen molar-refractivity contribution in [2.24, 2.45) is 0 Å². The summed E-state index contributed by atoms with van der Waals surface area (Å²) in [4.78, 5) is 38.4. The van der Waals surface area contributed by atoms with Gasteiger partial charge in [-0.05, 0) is 17.7 Å². The molecule has 1 aliphatic carbocycles. The number of morpholine rings is 1. The lowest BCUT2D eigenvalue weighted by atomic mass is 10.0. The van der Waals surface area contributed by atoms with Crippen LogP contribution >= 0.6 is 0 Å². The quantitative estimate of drug-likeness (QED) is 0.360. The lowest BCUT2D eigenvalue weighted by Crippen LogP contribution is -2.36. The molecule has 0 spiro atoms. The number of carbonyl (C=O) groups is 2. The molecule has 1 aliphatic heterocycles. The van der Waals surface area contributed by atoms with Gasteiger partial charge in [-0.2, -0.15) is 0 Å². The molecule has 7 heteroatoms. The van der Waals surface area contributed by atoms with Crippen LogP contribution in [0.2, 0.25) is 0 Å². The van der Waals surface area contributed by atoms with Gasteiger partial charge in [0.05, 0.1) is 29.4 Å². The third-order valence-corrected chi connectivity index (χ3v) is 4.79. The fourth-order valence-corrected chi connectivity index (χ4v) is 3.48. The number of ketones is 2. The topological polar surface area (TPSA) is 89.8 Å². The molecule has 1 fully saturated rings. The molecule has 0 aromatic heterocycles. The number of ether oxygens (including phenoxy) is 1. The van der Waals surface area contributed by atoms with Crippen molar-refractivity contribution in [3.8, 4) is 0 Å². The van der Waals surface area contributed by atoms with E-state index in [1.54, 1.807) is 36.4 Å². The number of fused-ring (bicyclic) bond motifs is 1. The number of Topliss-reactive ketones (excluding diaryl/α,β-unsaturated/α-hetero) is 2. The van der Waals surface area contributed by atoms with Gasteiger partial charge in [0, 0.05) is 36.3 Å². The number of non-ortho nitro benzene ring substituents is 1. The summed E-state index contributed by atoms with van der Waals surface area (Å²) in [5, 5.41) is 11.0. The maximum atomic E-state index is 13.0. The van der Waals surface area contributed by atoms with Crippen LogP contribution in [0.5, 0.6) is 0 Å². The largest absolute Gasteiger partial charge is 0.378 e. The van der Waals surface area contributed by atoms with E-state index >= 15 is 0 Å². The normalized spacial score (nSPS) is 16.4. The van der Waals surface area contributed by atoms with Crippen LogP contribution in [0, 0.1) is 10.1 Å². The first-order chi connectivity index (χ1) is 13.1. The van der Waals surface area contributed by atoms with E-state index < -0.39 is 4.92 Å². The predicted octanol–water partition coefficient (Wildman–Crippen LogP) is 2.72. The van der Waals surface area contributed by atoms with Gasteiger partial charge >= 0.3 is 0 Å². The van der Waals surface area contributed by atoms with Crippen molar-refractivity contribution in [1.29, 1.82) is 0 Å². The number of nitrogens with zero attached hydrogens (tertiary/aromatic N) is 2. The van der Waals surface area contributed by atoms with Gasteiger partial charge in [0.25, 0.3) is 5.69 Å². The summed E-state index contributed by atoms with van der Waals surface area (Å²) >= 11 is 0. The maximum Gasteiger partial charge on any atom is 0.269 e. The first kappa shape index (κ1) is 17.1. The summed E-state index contributed by atoms with van der Waals surface area (Å²) in [7, 11) is 0. The molecular formula is C20H16N2O5. The fraction of sp³-hybridized carbons (Fsp3) is 0.200. The molecule has 4 rings (SSSR count). The highest BCUT2D eigenvalue weighted by Crippen LogP contribution is 2.34. The average molecular weight is 364 g/mol. The Balaban J connectivity index is 1.88. The Morgan fingerprint density at radius 2 is 1.48 bits per heavy atom. The second-order valence-electron chi connectivity index (χ2n) is 6.33. The van der Waals surface area contributed by atoms with Gasteiger partial charge in [0.1, 0.15) is 0 Å². The van der Waals surface area contributed by atoms with Crippen LogP contribution in [0.4, 0.5) is 5.69 Å². The molecule has 0 atom stereocenters. The van der Waals surface area contributed by atoms with Crippen molar-refractivity contribution in [3.05, 3.63) is 80.9 Å². The summed E-state index contributed by atoms with van der Waals surface area (Å²) < 4.78 is 5.39. The highest BCUT2D eigenvalue weighted by Gasteiger charge is 2.37. The highest BCUT2D eigenvalue weighted by atomic mass is 16.6. The van der Waals surface area contributed by atoms with E-state index in [0.29, 0.717) is 48.7 Å². The second-order valence-corrected chi connectivity index (χ2v) is 6.33. The van der Waals surface area contributed by atoms with Crippen LogP contribution in [0.1, 0.15) is 26.3 Å². The van der Waals surface area contributed by atoms with E-state index in [9.17, 15) is 19.7 Å². The number of hydrogen-bond acceptors (Lipinski definition) is 6. The fourth-order valence-electron chi connectivity index (χ4n) is 3.48. The first-order valence-corrected chi connectivity index (χ1v) is 8.58. The average Bonchev–Trinajstić information content (AvgIpc) is 2.95. The minimum atomic E-state index is -0.479. The zero-order chi connectivity index (χ0) is 19.0. The molecule has 0 unspecified atom stereocenters. The van der Waals surface area contributed by atoms with Crippen LogP contribution in [0.25, 0.3) is 5.70 Å². The Hall–Kier alpha value is -3.32. The molecule has 0 amide bonds. The standard InChI is InChI=1S/C20H16N2O5/c23-19-15-3-1-2-4-16(15)20(24)17(19)18(21-9-11-27-12-10-21)13-5-7-14(8-6-13)22(25)26/h1-8H,9-12H2. The summed E-state index contributed by atoms with van der Waals surface area (Å²) in [5.74, 6) is -0.620. The Morgan fingerprint density at radius 3 is 2.00 bits per heavy atom. The number of allylic oxidation sites excluding steroid dienone is 1. The number of rotatable bonds is 3. The monoisotopic (exact) mass is 364 g/mol. The summed E-state index contributed by atoms with van der Waals surface area (Å²) in [6, 6.07) is 12.7. The van der Waals surface area contributed by atoms with Gasteiger partial charge in [-0.25, -0.2) is 0 Å². The van der Waals surface area contributed by atoms with Gasteiger partial charge in [-0.3, -0.25) is 19.7 Å². The number of nitro benzene ring substituents is 1. The lowest BCUT2D eigenvalue weighted by Gasteiger charge is -2.32. The SMILES string of the molecule is O=C1C(=C(c2ccc([N+](=O)[O-])cc2)N2CCOCC2)C(=O)c2ccccc21. The Kier molecular flexibility index (Phi) is 4.29. The molecule has 136 valence electrons. The number of carbonyl (C=O) groups excluding carboxylic acids is 2. The van der Waals surface area contributed by atoms with E-state index in [4.69, 9.17) is 4.74 Å².